The van der Waals surface area contributed by atoms with Crippen molar-refractivity contribution in [3.63, 3.8) is 0 Å². The molecule has 6 nitrogen and oxygen atoms in total. The third-order valence-electron chi connectivity index (χ3n) is 10.2. The Labute approximate surface area is 341 Å². The molecule has 0 atom stereocenters. The van der Waals surface area contributed by atoms with Crippen molar-refractivity contribution in [2.45, 2.75) is 0 Å². The molecule has 7 aromatic carbocycles. The van der Waals surface area contributed by atoms with E-state index in [1.165, 1.54) is 35.8 Å². The Morgan fingerprint density at radius 1 is 0.259 bits per heavy atom. The lowest BCUT2D eigenvalue weighted by atomic mass is 10.1. The van der Waals surface area contributed by atoms with E-state index in [1.807, 2.05) is 133 Å². The highest BCUT2D eigenvalue weighted by atomic mass is 32.1. The molecule has 0 amide bonds. The molecule has 58 heavy (non-hydrogen) atoms. The van der Waals surface area contributed by atoms with Gasteiger partial charge in [-0.2, -0.15) is 0 Å². The van der Waals surface area contributed by atoms with Gasteiger partial charge < -0.3 is 0 Å². The van der Waals surface area contributed by atoms with Crippen molar-refractivity contribution >= 4 is 53.6 Å². The summed E-state index contributed by atoms with van der Waals surface area (Å²) in [7, 11) is 0. The fourth-order valence-corrected chi connectivity index (χ4v) is 9.63. The topological polar surface area (TPSA) is 77.3 Å². The fraction of sp³-hybridized carbons (Fsp3) is 0. The molecule has 0 aliphatic rings. The van der Waals surface area contributed by atoms with Gasteiger partial charge in [-0.15, -0.1) is 22.7 Å². The van der Waals surface area contributed by atoms with Crippen LogP contribution in [0.1, 0.15) is 0 Å². The van der Waals surface area contributed by atoms with E-state index in [9.17, 15) is 0 Å². The Morgan fingerprint density at radius 3 is 1.05 bits per heavy atom. The van der Waals surface area contributed by atoms with Gasteiger partial charge in [-0.25, -0.2) is 29.9 Å². The number of thiophene rings is 2. The molecule has 11 aromatic rings. The number of fused-ring (bicyclic) bond motifs is 5. The predicted molar refractivity (Wildman–Crippen MR) is 240 cm³/mol. The smallest absolute Gasteiger partial charge is 0.174 e. The lowest BCUT2D eigenvalue weighted by Gasteiger charge is -2.09. The van der Waals surface area contributed by atoms with Crippen LogP contribution in [-0.4, -0.2) is 29.9 Å². The first-order valence-corrected chi connectivity index (χ1v) is 20.6. The van der Waals surface area contributed by atoms with Gasteiger partial charge in [0.05, 0.1) is 4.88 Å². The van der Waals surface area contributed by atoms with E-state index >= 15 is 0 Å². The van der Waals surface area contributed by atoms with Crippen LogP contribution in [0.3, 0.4) is 0 Å². The largest absolute Gasteiger partial charge is 0.208 e. The number of nitrogens with zero attached hydrogens (tertiary/aromatic N) is 6. The molecule has 8 heteroatoms. The second-order valence-electron chi connectivity index (χ2n) is 13.9. The molecule has 0 fully saturated rings. The van der Waals surface area contributed by atoms with Crippen LogP contribution in [0.15, 0.2) is 182 Å². The number of rotatable bonds is 7. The molecule has 0 unspecified atom stereocenters. The standard InChI is InChI=1S/C50H30N6S2/c1-5-14-31(15-6-1)45-51-46(32-16-7-2-8-17-32)54-49(53-45)38-23-13-22-35(28-38)41-29-36-24-26-40-39(43(36)57-41)27-25-37-30-42(58-44(37)40)50-55-47(33-18-9-3-10-19-33)52-48(56-50)34-20-11-4-12-21-34/h1-30H. The Morgan fingerprint density at radius 2 is 0.603 bits per heavy atom. The molecular weight excluding hydrogens is 749 g/mol. The highest BCUT2D eigenvalue weighted by Gasteiger charge is 2.18. The molecular formula is C50H30N6S2. The Kier molecular flexibility index (Phi) is 8.42. The quantitative estimate of drug-likeness (QED) is 0.160. The maximum absolute atomic E-state index is 5.01. The van der Waals surface area contributed by atoms with Crippen LogP contribution in [0.25, 0.3) is 109 Å². The van der Waals surface area contributed by atoms with Gasteiger partial charge in [0.2, 0.25) is 0 Å². The Hall–Kier alpha value is -7.26. The highest BCUT2D eigenvalue weighted by molar-refractivity contribution is 7.24. The van der Waals surface area contributed by atoms with E-state index in [4.69, 9.17) is 29.9 Å². The van der Waals surface area contributed by atoms with Gasteiger partial charge in [0.1, 0.15) is 0 Å². The molecule has 4 aromatic heterocycles. The van der Waals surface area contributed by atoms with E-state index in [0.29, 0.717) is 34.9 Å². The van der Waals surface area contributed by atoms with E-state index in [0.717, 1.165) is 38.3 Å². The number of hydrogen-bond donors (Lipinski definition) is 0. The average molecular weight is 779 g/mol. The van der Waals surface area contributed by atoms with Crippen LogP contribution >= 0.6 is 22.7 Å². The summed E-state index contributed by atoms with van der Waals surface area (Å²) in [5.41, 5.74) is 5.87. The number of benzene rings is 7. The molecule has 0 radical (unpaired) electrons. The molecule has 11 rings (SSSR count). The van der Waals surface area contributed by atoms with Crippen molar-refractivity contribution in [3.05, 3.63) is 182 Å². The summed E-state index contributed by atoms with van der Waals surface area (Å²) in [6.07, 6.45) is 0. The Bertz CT molecular complexity index is 3160. The van der Waals surface area contributed by atoms with Gasteiger partial charge in [0.25, 0.3) is 0 Å². The van der Waals surface area contributed by atoms with Crippen molar-refractivity contribution in [1.29, 1.82) is 0 Å². The zero-order valence-corrected chi connectivity index (χ0v) is 32.5. The second kappa shape index (κ2) is 14.4. The van der Waals surface area contributed by atoms with Crippen LogP contribution in [0, 0.1) is 0 Å². The predicted octanol–water partition coefficient (Wildman–Crippen LogP) is 13.3. The van der Waals surface area contributed by atoms with Gasteiger partial charge in [-0.3, -0.25) is 0 Å². The van der Waals surface area contributed by atoms with Gasteiger partial charge in [0.15, 0.2) is 34.9 Å². The average Bonchev–Trinajstić information content (AvgIpc) is 3.96. The van der Waals surface area contributed by atoms with Crippen molar-refractivity contribution in [1.82, 2.24) is 29.9 Å². The van der Waals surface area contributed by atoms with E-state index < -0.39 is 0 Å². The fourth-order valence-electron chi connectivity index (χ4n) is 7.32. The summed E-state index contributed by atoms with van der Waals surface area (Å²) in [4.78, 5) is 31.9. The third kappa shape index (κ3) is 6.30. The Balaban J connectivity index is 0.988. The first kappa shape index (κ1) is 34.0. The van der Waals surface area contributed by atoms with Crippen LogP contribution in [0.4, 0.5) is 0 Å². The number of aromatic nitrogens is 6. The normalized spacial score (nSPS) is 11.4. The SMILES string of the molecule is c1ccc(-c2nc(-c3ccccc3)nc(-c3cccc(-c4cc5ccc6c(ccc7cc(-c8nc(-c9ccccc9)nc(-c9ccccc9)n8)sc76)c5s4)c3)n2)cc1. The third-order valence-corrected chi connectivity index (χ3v) is 12.6. The zero-order chi connectivity index (χ0) is 38.4. The van der Waals surface area contributed by atoms with E-state index in [1.54, 1.807) is 11.3 Å². The molecule has 0 spiro atoms. The van der Waals surface area contributed by atoms with Crippen LogP contribution < -0.4 is 0 Å². The van der Waals surface area contributed by atoms with Crippen molar-refractivity contribution in [3.8, 4) is 78.1 Å². The maximum atomic E-state index is 5.01. The van der Waals surface area contributed by atoms with Gasteiger partial charge in [-0.05, 0) is 34.5 Å². The van der Waals surface area contributed by atoms with Gasteiger partial charge in [-0.1, -0.05) is 164 Å². The molecule has 0 aliphatic carbocycles. The minimum absolute atomic E-state index is 0.641. The molecule has 0 saturated heterocycles. The highest BCUT2D eigenvalue weighted by Crippen LogP contribution is 2.43. The summed E-state index contributed by atoms with van der Waals surface area (Å²) in [6.45, 7) is 0. The van der Waals surface area contributed by atoms with E-state index in [2.05, 4.69) is 60.7 Å². The second-order valence-corrected chi connectivity index (χ2v) is 16.0. The first-order valence-electron chi connectivity index (χ1n) is 18.9. The summed E-state index contributed by atoms with van der Waals surface area (Å²) < 4.78 is 2.47. The molecule has 0 N–H and O–H groups in total. The van der Waals surface area contributed by atoms with E-state index in [-0.39, 0.29) is 0 Å². The molecule has 4 heterocycles. The monoisotopic (exact) mass is 778 g/mol. The molecule has 0 bridgehead atoms. The van der Waals surface area contributed by atoms with Crippen molar-refractivity contribution in [2.75, 3.05) is 0 Å². The lowest BCUT2D eigenvalue weighted by molar-refractivity contribution is 1.07. The van der Waals surface area contributed by atoms with Crippen LogP contribution in [0.2, 0.25) is 0 Å². The maximum Gasteiger partial charge on any atom is 0.174 e. The molecule has 0 aliphatic heterocycles. The summed E-state index contributed by atoms with van der Waals surface area (Å²) in [5, 5.41) is 4.83. The summed E-state index contributed by atoms with van der Waals surface area (Å²) >= 11 is 3.54. The van der Waals surface area contributed by atoms with Crippen molar-refractivity contribution in [2.24, 2.45) is 0 Å². The van der Waals surface area contributed by atoms with Gasteiger partial charge >= 0.3 is 0 Å². The minimum atomic E-state index is 0.641. The lowest BCUT2D eigenvalue weighted by Crippen LogP contribution is -2.00. The first-order chi connectivity index (χ1) is 28.7. The zero-order valence-electron chi connectivity index (χ0n) is 30.8. The number of hydrogen-bond acceptors (Lipinski definition) is 8. The van der Waals surface area contributed by atoms with Crippen LogP contribution in [0.5, 0.6) is 0 Å². The summed E-state index contributed by atoms with van der Waals surface area (Å²) in [5.74, 6) is 3.93. The summed E-state index contributed by atoms with van der Waals surface area (Å²) in [6, 6.07) is 62.4. The minimum Gasteiger partial charge on any atom is -0.208 e. The van der Waals surface area contributed by atoms with Crippen molar-refractivity contribution < 1.29 is 0 Å². The van der Waals surface area contributed by atoms with Crippen LogP contribution in [-0.2, 0) is 0 Å². The van der Waals surface area contributed by atoms with Gasteiger partial charge in [0, 0.05) is 52.9 Å². The molecule has 272 valence electrons. The molecule has 0 saturated carbocycles.